The van der Waals surface area contributed by atoms with Gasteiger partial charge in [0.1, 0.15) is 5.82 Å². The van der Waals surface area contributed by atoms with Gasteiger partial charge in [-0.15, -0.1) is 6.58 Å². The van der Waals surface area contributed by atoms with Crippen LogP contribution in [0.4, 0.5) is 10.1 Å². The highest BCUT2D eigenvalue weighted by atomic mass is 35.5. The second kappa shape index (κ2) is 8.32. The Bertz CT molecular complexity index is 1090. The Kier molecular flexibility index (Phi) is 5.88. The molecular weight excluding hydrogens is 391 g/mol. The number of hydrogen-bond donors (Lipinski definition) is 1. The third-order valence-corrected chi connectivity index (χ3v) is 4.83. The van der Waals surface area contributed by atoms with Crippen LogP contribution in [0.3, 0.4) is 0 Å². The number of anilines is 1. The lowest BCUT2D eigenvalue weighted by molar-refractivity contribution is -0.113. The van der Waals surface area contributed by atoms with Crippen LogP contribution < -0.4 is 10.9 Å². The van der Waals surface area contributed by atoms with Crippen molar-refractivity contribution in [1.82, 2.24) is 14.5 Å². The fraction of sp³-hybridized carbons (Fsp3) is 0.111. The van der Waals surface area contributed by atoms with Crippen LogP contribution >= 0.6 is 23.4 Å². The molecule has 1 amide bonds. The summed E-state index contributed by atoms with van der Waals surface area (Å²) in [6, 6.07) is 7.01. The molecule has 2 heterocycles. The van der Waals surface area contributed by atoms with E-state index in [9.17, 15) is 14.0 Å². The van der Waals surface area contributed by atoms with E-state index >= 15 is 0 Å². The third-order valence-electron chi connectivity index (χ3n) is 3.54. The molecule has 1 N–H and O–H groups in total. The Morgan fingerprint density at radius 2 is 2.22 bits per heavy atom. The Balaban J connectivity index is 1.81. The van der Waals surface area contributed by atoms with Crippen LogP contribution in [0.25, 0.3) is 11.0 Å². The van der Waals surface area contributed by atoms with Crippen molar-refractivity contribution in [1.29, 1.82) is 0 Å². The minimum absolute atomic E-state index is 0.0182. The average molecular weight is 405 g/mol. The van der Waals surface area contributed by atoms with Crippen molar-refractivity contribution in [3.63, 3.8) is 0 Å². The van der Waals surface area contributed by atoms with Crippen LogP contribution in [-0.4, -0.2) is 26.2 Å². The molecule has 3 rings (SSSR count). The van der Waals surface area contributed by atoms with E-state index < -0.39 is 5.82 Å². The largest absolute Gasteiger partial charge is 0.324 e. The summed E-state index contributed by atoms with van der Waals surface area (Å²) in [7, 11) is 0. The van der Waals surface area contributed by atoms with Crippen molar-refractivity contribution < 1.29 is 9.18 Å². The number of thioether (sulfide) groups is 1. The number of nitrogens with one attached hydrogen (secondary N) is 1. The van der Waals surface area contributed by atoms with Crippen LogP contribution in [0.5, 0.6) is 0 Å². The van der Waals surface area contributed by atoms with Gasteiger partial charge < -0.3 is 5.32 Å². The Labute approximate surface area is 163 Å². The number of carbonyl (C=O) groups excluding carboxylic acids is 1. The van der Waals surface area contributed by atoms with E-state index in [1.807, 2.05) is 0 Å². The highest BCUT2D eigenvalue weighted by molar-refractivity contribution is 7.99. The second-order valence-corrected chi connectivity index (χ2v) is 6.78. The molecule has 0 atom stereocenters. The fourth-order valence-electron chi connectivity index (χ4n) is 2.34. The zero-order valence-electron chi connectivity index (χ0n) is 14.0. The van der Waals surface area contributed by atoms with Crippen molar-refractivity contribution >= 4 is 46.0 Å². The molecule has 0 unspecified atom stereocenters. The van der Waals surface area contributed by atoms with Gasteiger partial charge in [-0.2, -0.15) is 0 Å². The van der Waals surface area contributed by atoms with Crippen LogP contribution in [0.2, 0.25) is 5.02 Å². The maximum Gasteiger partial charge on any atom is 0.263 e. The Morgan fingerprint density at radius 1 is 1.41 bits per heavy atom. The van der Waals surface area contributed by atoms with Gasteiger partial charge in [-0.1, -0.05) is 29.4 Å². The molecule has 0 aliphatic rings. The minimum atomic E-state index is -0.492. The van der Waals surface area contributed by atoms with Gasteiger partial charge >= 0.3 is 0 Å². The average Bonchev–Trinajstić information content (AvgIpc) is 2.65. The van der Waals surface area contributed by atoms with Gasteiger partial charge in [0, 0.05) is 12.7 Å². The smallest absolute Gasteiger partial charge is 0.263 e. The standard InChI is InChI=1S/C18H14ClFN4O2S/c1-2-8-24-17(26)12-4-3-7-21-16(12)23-18(24)27-10-15(25)22-14-6-5-11(20)9-13(14)19/h2-7,9H,1,8,10H2,(H,22,25). The first-order valence-electron chi connectivity index (χ1n) is 7.83. The van der Waals surface area contributed by atoms with E-state index in [1.54, 1.807) is 24.4 Å². The van der Waals surface area contributed by atoms with E-state index in [-0.39, 0.29) is 28.8 Å². The van der Waals surface area contributed by atoms with Gasteiger partial charge in [0.25, 0.3) is 5.56 Å². The van der Waals surface area contributed by atoms with E-state index in [4.69, 9.17) is 11.6 Å². The van der Waals surface area contributed by atoms with Crippen molar-refractivity contribution in [3.05, 3.63) is 70.4 Å². The molecule has 0 fully saturated rings. The second-order valence-electron chi connectivity index (χ2n) is 5.43. The number of carbonyl (C=O) groups is 1. The van der Waals surface area contributed by atoms with Gasteiger partial charge in [-0.3, -0.25) is 14.2 Å². The molecule has 0 aliphatic heterocycles. The number of pyridine rings is 1. The zero-order valence-corrected chi connectivity index (χ0v) is 15.6. The summed E-state index contributed by atoms with van der Waals surface area (Å²) in [4.78, 5) is 33.3. The lowest BCUT2D eigenvalue weighted by Gasteiger charge is -2.11. The Morgan fingerprint density at radius 3 is 2.96 bits per heavy atom. The summed E-state index contributed by atoms with van der Waals surface area (Å²) in [5.74, 6) is -0.877. The number of nitrogens with zero attached hydrogens (tertiary/aromatic N) is 3. The lowest BCUT2D eigenvalue weighted by atomic mass is 10.3. The third kappa shape index (κ3) is 4.35. The normalized spacial score (nSPS) is 10.7. The maximum atomic E-state index is 13.1. The number of hydrogen-bond acceptors (Lipinski definition) is 5. The number of aromatic nitrogens is 3. The SMILES string of the molecule is C=CCn1c(SCC(=O)Nc2ccc(F)cc2Cl)nc2ncccc2c1=O. The topological polar surface area (TPSA) is 76.9 Å². The van der Waals surface area contributed by atoms with Gasteiger partial charge in [0.05, 0.1) is 21.8 Å². The van der Waals surface area contributed by atoms with Crippen molar-refractivity contribution in [2.75, 3.05) is 11.1 Å². The summed E-state index contributed by atoms with van der Waals surface area (Å²) >= 11 is 6.99. The summed E-state index contributed by atoms with van der Waals surface area (Å²) in [6.07, 6.45) is 3.12. The quantitative estimate of drug-likeness (QED) is 0.386. The molecule has 2 aromatic heterocycles. The van der Waals surface area contributed by atoms with Crippen LogP contribution in [0.1, 0.15) is 0 Å². The highest BCUT2D eigenvalue weighted by Crippen LogP contribution is 2.23. The predicted molar refractivity (Wildman–Crippen MR) is 105 cm³/mol. The summed E-state index contributed by atoms with van der Waals surface area (Å²) in [6.45, 7) is 3.90. The number of benzene rings is 1. The van der Waals surface area contributed by atoms with E-state index in [0.717, 1.165) is 17.8 Å². The van der Waals surface area contributed by atoms with Crippen molar-refractivity contribution in [2.24, 2.45) is 0 Å². The maximum absolute atomic E-state index is 13.1. The number of rotatable bonds is 6. The number of allylic oxidation sites excluding steroid dienone is 1. The van der Waals surface area contributed by atoms with Gasteiger partial charge in [-0.05, 0) is 30.3 Å². The number of halogens is 2. The molecule has 138 valence electrons. The molecule has 3 aromatic rings. The van der Waals surface area contributed by atoms with Crippen LogP contribution in [0, 0.1) is 5.82 Å². The van der Waals surface area contributed by atoms with Crippen LogP contribution in [-0.2, 0) is 11.3 Å². The molecule has 0 saturated heterocycles. The lowest BCUT2D eigenvalue weighted by Crippen LogP contribution is -2.24. The monoisotopic (exact) mass is 404 g/mol. The first kappa shape index (κ1) is 19.1. The minimum Gasteiger partial charge on any atom is -0.324 e. The highest BCUT2D eigenvalue weighted by Gasteiger charge is 2.14. The molecule has 0 spiro atoms. The summed E-state index contributed by atoms with van der Waals surface area (Å²) in [5.41, 5.74) is 0.366. The predicted octanol–water partition coefficient (Wildman–Crippen LogP) is 3.50. The van der Waals surface area contributed by atoms with Gasteiger partial charge in [0.2, 0.25) is 5.91 Å². The number of amides is 1. The molecule has 0 radical (unpaired) electrons. The Hall–Kier alpha value is -2.71. The molecule has 0 saturated carbocycles. The molecule has 27 heavy (non-hydrogen) atoms. The molecule has 9 heteroatoms. The van der Waals surface area contributed by atoms with E-state index in [1.165, 1.54) is 16.7 Å². The fourth-order valence-corrected chi connectivity index (χ4v) is 3.35. The zero-order chi connectivity index (χ0) is 19.4. The van der Waals surface area contributed by atoms with Crippen molar-refractivity contribution in [3.8, 4) is 0 Å². The summed E-state index contributed by atoms with van der Waals surface area (Å²) in [5, 5.41) is 3.45. The number of fused-ring (bicyclic) bond motifs is 1. The molecule has 1 aromatic carbocycles. The molecular formula is C18H14ClFN4O2S. The van der Waals surface area contributed by atoms with Gasteiger partial charge in [-0.25, -0.2) is 14.4 Å². The van der Waals surface area contributed by atoms with Gasteiger partial charge in [0.15, 0.2) is 10.8 Å². The van der Waals surface area contributed by atoms with Crippen molar-refractivity contribution in [2.45, 2.75) is 11.7 Å². The van der Waals surface area contributed by atoms with Crippen LogP contribution in [0.15, 0.2) is 59.1 Å². The molecule has 0 bridgehead atoms. The van der Waals surface area contributed by atoms with E-state index in [2.05, 4.69) is 21.9 Å². The molecule has 6 nitrogen and oxygen atoms in total. The first-order valence-corrected chi connectivity index (χ1v) is 9.20. The summed E-state index contributed by atoms with van der Waals surface area (Å²) < 4.78 is 14.5. The first-order chi connectivity index (χ1) is 13.0. The molecule has 0 aliphatic carbocycles. The van der Waals surface area contributed by atoms with E-state index in [0.29, 0.717) is 21.9 Å².